The molecule has 72 valence electrons. The largest absolute Gasteiger partial charge is 0.490 e. The molecule has 0 radical (unpaired) electrons. The van der Waals surface area contributed by atoms with Crippen LogP contribution in [0.3, 0.4) is 0 Å². The summed E-state index contributed by atoms with van der Waals surface area (Å²) < 4.78 is 5.78. The summed E-state index contributed by atoms with van der Waals surface area (Å²) in [5.74, 6) is 1.02. The van der Waals surface area contributed by atoms with Crippen molar-refractivity contribution >= 4 is 0 Å². The van der Waals surface area contributed by atoms with Crippen molar-refractivity contribution in [3.63, 3.8) is 0 Å². The van der Waals surface area contributed by atoms with Gasteiger partial charge in [-0.25, -0.2) is 0 Å². The first-order chi connectivity index (χ1) is 6.15. The highest BCUT2D eigenvalue weighted by atomic mass is 16.5. The zero-order valence-electron chi connectivity index (χ0n) is 8.92. The van der Waals surface area contributed by atoms with E-state index in [4.69, 9.17) is 4.74 Å². The van der Waals surface area contributed by atoms with Gasteiger partial charge in [0.2, 0.25) is 0 Å². The van der Waals surface area contributed by atoms with Gasteiger partial charge in [0.1, 0.15) is 5.75 Å². The second-order valence-corrected chi connectivity index (χ2v) is 3.53. The molecule has 0 N–H and O–H groups in total. The summed E-state index contributed by atoms with van der Waals surface area (Å²) in [7, 11) is 0. The molecule has 1 rings (SSSR count). The molecule has 0 heterocycles. The van der Waals surface area contributed by atoms with Gasteiger partial charge >= 0.3 is 0 Å². The number of aryl methyl sites for hydroxylation is 1. The van der Waals surface area contributed by atoms with Crippen LogP contribution in [0, 0.1) is 13.8 Å². The number of benzene rings is 1. The van der Waals surface area contributed by atoms with Crippen molar-refractivity contribution in [2.24, 2.45) is 0 Å². The minimum atomic E-state index is 0.306. The van der Waals surface area contributed by atoms with Crippen LogP contribution in [-0.4, -0.2) is 6.10 Å². The quantitative estimate of drug-likeness (QED) is 0.688. The lowest BCUT2D eigenvalue weighted by molar-refractivity contribution is 0.216. The van der Waals surface area contributed by atoms with E-state index in [0.29, 0.717) is 6.10 Å². The summed E-state index contributed by atoms with van der Waals surface area (Å²) in [5.41, 5.74) is 2.55. The highest BCUT2D eigenvalue weighted by Gasteiger charge is 2.04. The monoisotopic (exact) mass is 178 g/mol. The maximum absolute atomic E-state index is 5.78. The summed E-state index contributed by atoms with van der Waals surface area (Å²) in [4.78, 5) is 0. The summed E-state index contributed by atoms with van der Waals surface area (Å²) >= 11 is 0. The molecule has 0 aromatic heterocycles. The summed E-state index contributed by atoms with van der Waals surface area (Å²) in [6, 6.07) is 6.19. The summed E-state index contributed by atoms with van der Waals surface area (Å²) in [6.07, 6.45) is 1.36. The third kappa shape index (κ3) is 2.48. The molecule has 0 aliphatic carbocycles. The van der Waals surface area contributed by atoms with Crippen LogP contribution in [-0.2, 0) is 0 Å². The Morgan fingerprint density at radius 2 is 2.00 bits per heavy atom. The van der Waals surface area contributed by atoms with E-state index in [1.165, 1.54) is 11.1 Å². The van der Waals surface area contributed by atoms with Crippen LogP contribution in [0.1, 0.15) is 31.4 Å². The molecule has 0 aliphatic rings. The van der Waals surface area contributed by atoms with Gasteiger partial charge in [0, 0.05) is 0 Å². The van der Waals surface area contributed by atoms with Gasteiger partial charge in [-0.05, 0) is 44.4 Å². The lowest BCUT2D eigenvalue weighted by Gasteiger charge is -2.15. The Morgan fingerprint density at radius 1 is 1.31 bits per heavy atom. The molecule has 1 unspecified atom stereocenters. The molecular weight excluding hydrogens is 160 g/mol. The number of hydrogen-bond acceptors (Lipinski definition) is 1. The molecule has 1 nitrogen and oxygen atoms in total. The lowest BCUT2D eigenvalue weighted by Crippen LogP contribution is -2.10. The van der Waals surface area contributed by atoms with Gasteiger partial charge in [0.25, 0.3) is 0 Å². The molecule has 13 heavy (non-hydrogen) atoms. The Hall–Kier alpha value is -0.980. The van der Waals surface area contributed by atoms with Gasteiger partial charge < -0.3 is 4.74 Å². The first kappa shape index (κ1) is 10.1. The predicted molar refractivity (Wildman–Crippen MR) is 56.3 cm³/mol. The second kappa shape index (κ2) is 4.31. The van der Waals surface area contributed by atoms with Crippen molar-refractivity contribution in [1.82, 2.24) is 0 Å². The van der Waals surface area contributed by atoms with E-state index in [9.17, 15) is 0 Å². The third-order valence-corrected chi connectivity index (χ3v) is 2.46. The Kier molecular flexibility index (Phi) is 3.35. The topological polar surface area (TPSA) is 9.23 Å². The normalized spacial score (nSPS) is 12.6. The van der Waals surface area contributed by atoms with Crippen LogP contribution in [0.25, 0.3) is 0 Å². The molecule has 1 aromatic rings. The fraction of sp³-hybridized carbons (Fsp3) is 0.500. The van der Waals surface area contributed by atoms with E-state index in [1.807, 2.05) is 12.1 Å². The minimum Gasteiger partial charge on any atom is -0.490 e. The second-order valence-electron chi connectivity index (χ2n) is 3.53. The predicted octanol–water partition coefficient (Wildman–Crippen LogP) is 3.48. The van der Waals surface area contributed by atoms with E-state index < -0.39 is 0 Å². The zero-order valence-corrected chi connectivity index (χ0v) is 8.92. The van der Waals surface area contributed by atoms with E-state index in [-0.39, 0.29) is 0 Å². The van der Waals surface area contributed by atoms with E-state index in [2.05, 4.69) is 33.8 Å². The first-order valence-electron chi connectivity index (χ1n) is 4.88. The highest BCUT2D eigenvalue weighted by Crippen LogP contribution is 2.22. The lowest BCUT2D eigenvalue weighted by atomic mass is 10.1. The molecule has 0 aliphatic heterocycles. The van der Waals surface area contributed by atoms with Crippen LogP contribution in [0.15, 0.2) is 18.2 Å². The van der Waals surface area contributed by atoms with Gasteiger partial charge in [-0.3, -0.25) is 0 Å². The molecule has 0 bridgehead atoms. The van der Waals surface area contributed by atoms with Crippen LogP contribution < -0.4 is 4.74 Å². The van der Waals surface area contributed by atoms with Crippen LogP contribution in [0.2, 0.25) is 0 Å². The highest BCUT2D eigenvalue weighted by molar-refractivity contribution is 5.38. The standard InChI is InChI=1S/C12H18O/c1-5-10(3)13-12-8-6-7-9(2)11(12)4/h6-8,10H,5H2,1-4H3. The maximum Gasteiger partial charge on any atom is 0.122 e. The Bertz CT molecular complexity index is 278. The van der Waals surface area contributed by atoms with E-state index in [1.54, 1.807) is 0 Å². The SMILES string of the molecule is CCC(C)Oc1cccc(C)c1C. The van der Waals surface area contributed by atoms with Crippen molar-refractivity contribution in [1.29, 1.82) is 0 Å². The molecule has 1 heteroatoms. The van der Waals surface area contributed by atoms with Crippen LogP contribution in [0.5, 0.6) is 5.75 Å². The van der Waals surface area contributed by atoms with Crippen molar-refractivity contribution < 1.29 is 4.74 Å². The molecule has 1 aromatic carbocycles. The average molecular weight is 178 g/mol. The fourth-order valence-corrected chi connectivity index (χ4v) is 1.15. The van der Waals surface area contributed by atoms with Crippen molar-refractivity contribution in [3.8, 4) is 5.75 Å². The number of ether oxygens (including phenoxy) is 1. The Labute approximate surface area is 80.7 Å². The van der Waals surface area contributed by atoms with Gasteiger partial charge in [0.05, 0.1) is 6.10 Å². The molecule has 0 spiro atoms. The average Bonchev–Trinajstić information content (AvgIpc) is 2.13. The zero-order chi connectivity index (χ0) is 9.84. The van der Waals surface area contributed by atoms with Crippen molar-refractivity contribution in [2.45, 2.75) is 40.2 Å². The van der Waals surface area contributed by atoms with E-state index >= 15 is 0 Å². The molecular formula is C12H18O. The smallest absolute Gasteiger partial charge is 0.122 e. The maximum atomic E-state index is 5.78. The third-order valence-electron chi connectivity index (χ3n) is 2.46. The fourth-order valence-electron chi connectivity index (χ4n) is 1.15. The molecule has 0 fully saturated rings. The molecule has 1 atom stereocenters. The molecule has 0 saturated carbocycles. The number of hydrogen-bond donors (Lipinski definition) is 0. The van der Waals surface area contributed by atoms with Gasteiger partial charge in [-0.1, -0.05) is 19.1 Å². The van der Waals surface area contributed by atoms with Crippen molar-refractivity contribution in [2.75, 3.05) is 0 Å². The summed E-state index contributed by atoms with van der Waals surface area (Å²) in [6.45, 7) is 8.45. The van der Waals surface area contributed by atoms with Crippen LogP contribution >= 0.6 is 0 Å². The van der Waals surface area contributed by atoms with Gasteiger partial charge in [-0.2, -0.15) is 0 Å². The number of rotatable bonds is 3. The molecule has 0 saturated heterocycles. The van der Waals surface area contributed by atoms with Gasteiger partial charge in [0.15, 0.2) is 0 Å². The van der Waals surface area contributed by atoms with Gasteiger partial charge in [-0.15, -0.1) is 0 Å². The Balaban J connectivity index is 2.83. The first-order valence-corrected chi connectivity index (χ1v) is 4.88. The van der Waals surface area contributed by atoms with Crippen molar-refractivity contribution in [3.05, 3.63) is 29.3 Å². The summed E-state index contributed by atoms with van der Waals surface area (Å²) in [5, 5.41) is 0. The molecule has 0 amide bonds. The Morgan fingerprint density at radius 3 is 2.62 bits per heavy atom. The minimum absolute atomic E-state index is 0.306. The van der Waals surface area contributed by atoms with Crippen LogP contribution in [0.4, 0.5) is 0 Å². The van der Waals surface area contributed by atoms with E-state index in [0.717, 1.165) is 12.2 Å².